The van der Waals surface area contributed by atoms with Crippen LogP contribution in [0.3, 0.4) is 0 Å². The lowest BCUT2D eigenvalue weighted by Gasteiger charge is -2.22. The van der Waals surface area contributed by atoms with Gasteiger partial charge in [0.2, 0.25) is 0 Å². The predicted molar refractivity (Wildman–Crippen MR) is 103 cm³/mol. The molecule has 1 N–H and O–H groups in total. The molecule has 0 bridgehead atoms. The SMILES string of the molecule is O=C(NC1CCCCC1)c1cc(-c2ccccc2F)nn1-c1ccccc1. The van der Waals surface area contributed by atoms with Gasteiger partial charge in [0.05, 0.1) is 11.4 Å². The van der Waals surface area contributed by atoms with Gasteiger partial charge in [0.1, 0.15) is 11.5 Å². The lowest BCUT2D eigenvalue weighted by atomic mass is 9.95. The number of nitrogens with zero attached hydrogens (tertiary/aromatic N) is 2. The number of benzene rings is 2. The van der Waals surface area contributed by atoms with E-state index in [0.29, 0.717) is 17.0 Å². The first-order chi connectivity index (χ1) is 13.2. The third kappa shape index (κ3) is 3.77. The second-order valence-electron chi connectivity index (χ2n) is 6.95. The topological polar surface area (TPSA) is 46.9 Å². The molecule has 1 aliphatic carbocycles. The average molecular weight is 363 g/mol. The van der Waals surface area contributed by atoms with Crippen molar-refractivity contribution in [3.63, 3.8) is 0 Å². The Morgan fingerprint density at radius 3 is 2.44 bits per heavy atom. The summed E-state index contributed by atoms with van der Waals surface area (Å²) < 4.78 is 15.8. The predicted octanol–water partition coefficient (Wildman–Crippen LogP) is 4.74. The van der Waals surface area contributed by atoms with Crippen LogP contribution in [0, 0.1) is 5.82 Å². The summed E-state index contributed by atoms with van der Waals surface area (Å²) >= 11 is 0. The van der Waals surface area contributed by atoms with Gasteiger partial charge in [-0.15, -0.1) is 0 Å². The van der Waals surface area contributed by atoms with Crippen molar-refractivity contribution in [2.75, 3.05) is 0 Å². The minimum absolute atomic E-state index is 0.166. The van der Waals surface area contributed by atoms with Crippen molar-refractivity contribution in [3.8, 4) is 16.9 Å². The van der Waals surface area contributed by atoms with Crippen molar-refractivity contribution >= 4 is 5.91 Å². The molecule has 5 heteroatoms. The van der Waals surface area contributed by atoms with Gasteiger partial charge in [-0.2, -0.15) is 5.10 Å². The first-order valence-electron chi connectivity index (χ1n) is 9.43. The molecule has 1 aliphatic rings. The van der Waals surface area contributed by atoms with E-state index in [9.17, 15) is 9.18 Å². The quantitative estimate of drug-likeness (QED) is 0.728. The van der Waals surface area contributed by atoms with Gasteiger partial charge in [-0.3, -0.25) is 4.79 Å². The van der Waals surface area contributed by atoms with Crippen molar-refractivity contribution in [3.05, 3.63) is 72.2 Å². The molecule has 0 unspecified atom stereocenters. The number of hydrogen-bond acceptors (Lipinski definition) is 2. The summed E-state index contributed by atoms with van der Waals surface area (Å²) in [5, 5.41) is 7.67. The van der Waals surface area contributed by atoms with E-state index in [1.165, 1.54) is 12.5 Å². The monoisotopic (exact) mass is 363 g/mol. The zero-order valence-corrected chi connectivity index (χ0v) is 15.1. The Morgan fingerprint density at radius 1 is 1.00 bits per heavy atom. The van der Waals surface area contributed by atoms with Crippen LogP contribution in [0.25, 0.3) is 16.9 Å². The first kappa shape index (κ1) is 17.5. The molecule has 0 atom stereocenters. The van der Waals surface area contributed by atoms with Gasteiger partial charge in [0.15, 0.2) is 0 Å². The Kier molecular flexibility index (Phi) is 5.01. The van der Waals surface area contributed by atoms with Crippen LogP contribution >= 0.6 is 0 Å². The highest BCUT2D eigenvalue weighted by Crippen LogP contribution is 2.25. The maximum atomic E-state index is 14.2. The number of hydrogen-bond donors (Lipinski definition) is 1. The van der Waals surface area contributed by atoms with Gasteiger partial charge in [-0.1, -0.05) is 49.6 Å². The van der Waals surface area contributed by atoms with Crippen LogP contribution in [0.5, 0.6) is 0 Å². The van der Waals surface area contributed by atoms with Gasteiger partial charge >= 0.3 is 0 Å². The summed E-state index contributed by atoms with van der Waals surface area (Å²) in [7, 11) is 0. The number of para-hydroxylation sites is 1. The summed E-state index contributed by atoms with van der Waals surface area (Å²) in [6.45, 7) is 0. The fraction of sp³-hybridized carbons (Fsp3) is 0.273. The van der Waals surface area contributed by atoms with Gasteiger partial charge in [0.25, 0.3) is 5.91 Å². The third-order valence-electron chi connectivity index (χ3n) is 5.03. The smallest absolute Gasteiger partial charge is 0.270 e. The van der Waals surface area contributed by atoms with Crippen molar-refractivity contribution < 1.29 is 9.18 Å². The van der Waals surface area contributed by atoms with Crippen LogP contribution < -0.4 is 5.32 Å². The van der Waals surface area contributed by atoms with E-state index in [-0.39, 0.29) is 17.8 Å². The van der Waals surface area contributed by atoms with E-state index in [0.717, 1.165) is 31.4 Å². The molecule has 4 rings (SSSR count). The highest BCUT2D eigenvalue weighted by Gasteiger charge is 2.22. The molecule has 4 nitrogen and oxygen atoms in total. The third-order valence-corrected chi connectivity index (χ3v) is 5.03. The Labute approximate surface area is 158 Å². The van der Waals surface area contributed by atoms with Crippen molar-refractivity contribution in [2.24, 2.45) is 0 Å². The van der Waals surface area contributed by atoms with Crippen LogP contribution in [0.1, 0.15) is 42.6 Å². The summed E-state index contributed by atoms with van der Waals surface area (Å²) in [5.41, 5.74) is 2.03. The largest absolute Gasteiger partial charge is 0.348 e. The number of rotatable bonds is 4. The summed E-state index contributed by atoms with van der Waals surface area (Å²) in [5.74, 6) is -0.518. The van der Waals surface area contributed by atoms with Gasteiger partial charge in [-0.25, -0.2) is 9.07 Å². The number of aromatic nitrogens is 2. The van der Waals surface area contributed by atoms with Crippen LogP contribution in [-0.4, -0.2) is 21.7 Å². The number of nitrogens with one attached hydrogen (secondary N) is 1. The van der Waals surface area contributed by atoms with E-state index < -0.39 is 0 Å². The zero-order chi connectivity index (χ0) is 18.6. The minimum Gasteiger partial charge on any atom is -0.348 e. The molecular weight excluding hydrogens is 341 g/mol. The fourth-order valence-corrected chi connectivity index (χ4v) is 3.62. The molecule has 138 valence electrons. The first-order valence-corrected chi connectivity index (χ1v) is 9.43. The Hall–Kier alpha value is -2.95. The molecule has 0 saturated heterocycles. The number of carbonyl (C=O) groups is 1. The molecule has 2 aromatic carbocycles. The lowest BCUT2D eigenvalue weighted by molar-refractivity contribution is 0.0920. The molecule has 0 spiro atoms. The average Bonchev–Trinajstić information content (AvgIpc) is 3.15. The number of amides is 1. The van der Waals surface area contributed by atoms with Crippen LogP contribution in [0.2, 0.25) is 0 Å². The van der Waals surface area contributed by atoms with E-state index in [4.69, 9.17) is 0 Å². The summed E-state index contributed by atoms with van der Waals surface area (Å²) in [4.78, 5) is 13.0. The van der Waals surface area contributed by atoms with Gasteiger partial charge in [-0.05, 0) is 43.2 Å². The molecule has 1 saturated carbocycles. The van der Waals surface area contributed by atoms with E-state index in [1.54, 1.807) is 28.9 Å². The minimum atomic E-state index is -0.352. The molecule has 1 amide bonds. The van der Waals surface area contributed by atoms with Gasteiger partial charge in [0, 0.05) is 11.6 Å². The Morgan fingerprint density at radius 2 is 1.70 bits per heavy atom. The molecule has 0 aliphatic heterocycles. The van der Waals surface area contributed by atoms with E-state index >= 15 is 0 Å². The van der Waals surface area contributed by atoms with Crippen molar-refractivity contribution in [1.82, 2.24) is 15.1 Å². The fourth-order valence-electron chi connectivity index (χ4n) is 3.62. The van der Waals surface area contributed by atoms with Crippen LogP contribution in [0.4, 0.5) is 4.39 Å². The van der Waals surface area contributed by atoms with Crippen LogP contribution in [0.15, 0.2) is 60.7 Å². The van der Waals surface area contributed by atoms with Gasteiger partial charge < -0.3 is 5.32 Å². The van der Waals surface area contributed by atoms with Crippen molar-refractivity contribution in [1.29, 1.82) is 0 Å². The number of halogens is 1. The summed E-state index contributed by atoms with van der Waals surface area (Å²) in [6.07, 6.45) is 5.52. The molecule has 1 fully saturated rings. The van der Waals surface area contributed by atoms with E-state index in [2.05, 4.69) is 10.4 Å². The summed E-state index contributed by atoms with van der Waals surface area (Å²) in [6, 6.07) is 17.8. The molecular formula is C22H22FN3O. The maximum Gasteiger partial charge on any atom is 0.270 e. The standard InChI is InChI=1S/C22H22FN3O/c23-19-14-8-7-13-18(19)20-15-21(22(27)24-16-9-3-1-4-10-16)26(25-20)17-11-5-2-6-12-17/h2,5-8,11-16H,1,3-4,9-10H2,(H,24,27). The Bertz CT molecular complexity index is 930. The molecule has 1 heterocycles. The number of carbonyl (C=O) groups excluding carboxylic acids is 1. The Balaban J connectivity index is 1.72. The highest BCUT2D eigenvalue weighted by molar-refractivity contribution is 5.94. The highest BCUT2D eigenvalue weighted by atomic mass is 19.1. The molecule has 27 heavy (non-hydrogen) atoms. The van der Waals surface area contributed by atoms with E-state index in [1.807, 2.05) is 30.3 Å². The molecule has 3 aromatic rings. The molecule has 0 radical (unpaired) electrons. The second-order valence-corrected chi connectivity index (χ2v) is 6.95. The lowest BCUT2D eigenvalue weighted by Crippen LogP contribution is -2.37. The normalized spacial score (nSPS) is 14.9. The molecule has 1 aromatic heterocycles. The zero-order valence-electron chi connectivity index (χ0n) is 15.1. The van der Waals surface area contributed by atoms with Crippen molar-refractivity contribution in [2.45, 2.75) is 38.1 Å². The second kappa shape index (κ2) is 7.74. The maximum absolute atomic E-state index is 14.2. The van der Waals surface area contributed by atoms with Crippen LogP contribution in [-0.2, 0) is 0 Å².